The van der Waals surface area contributed by atoms with Gasteiger partial charge < -0.3 is 0 Å². The lowest BCUT2D eigenvalue weighted by Crippen LogP contribution is -1.95. The monoisotopic (exact) mass is 120 g/mol. The minimum Gasteiger partial charge on any atom is -0.290 e. The van der Waals surface area contributed by atoms with Crippen LogP contribution in [0.4, 0.5) is 4.79 Å². The smallest absolute Gasteiger partial charge is 0.172 e. The van der Waals surface area contributed by atoms with E-state index in [1.807, 2.05) is 6.66 Å². The molecule has 1 nitrogen and oxygen atoms in total. The summed E-state index contributed by atoms with van der Waals surface area (Å²) in [5.41, 5.74) is 0. The summed E-state index contributed by atoms with van der Waals surface area (Å²) in [7, 11) is 0.560. The molecular weight excluding hydrogens is 114 g/mol. The Morgan fingerprint density at radius 1 is 2.00 bits per heavy atom. The molecule has 6 heavy (non-hydrogen) atoms. The molecule has 1 heterocycles. The lowest BCUT2D eigenvalue weighted by molar-refractivity contribution is 0.275. The Bertz CT molecular complexity index is 80.9. The summed E-state index contributed by atoms with van der Waals surface area (Å²) < 4.78 is 0. The van der Waals surface area contributed by atoms with Crippen LogP contribution < -0.4 is 0 Å². The Morgan fingerprint density at radius 3 is 2.50 bits per heavy atom. The molecule has 1 saturated heterocycles. The fraction of sp³-hybridized carbons (Fsp3) is 0.667. The summed E-state index contributed by atoms with van der Waals surface area (Å²) in [4.78, 5) is 10.3. The highest BCUT2D eigenvalue weighted by molar-refractivity contribution is 8.07. The van der Waals surface area contributed by atoms with Crippen molar-refractivity contribution in [1.82, 2.24) is 0 Å². The molecule has 1 aliphatic heterocycles. The Balaban J connectivity index is 2.39. The van der Waals surface area contributed by atoms with E-state index in [9.17, 15) is 4.79 Å². The van der Waals surface area contributed by atoms with Gasteiger partial charge in [-0.05, 0) is 29.1 Å². The van der Waals surface area contributed by atoms with Crippen LogP contribution in [0.2, 0.25) is 0 Å². The maximum Gasteiger partial charge on any atom is 0.172 e. The van der Waals surface area contributed by atoms with Crippen molar-refractivity contribution in [2.75, 3.05) is 12.6 Å². The van der Waals surface area contributed by atoms with Crippen molar-refractivity contribution < 1.29 is 4.79 Å². The average Bonchev–Trinajstić information content (AvgIpc) is 1.61. The molecule has 0 saturated carbocycles. The Hall–Kier alpha value is 0.530. The molecule has 0 aromatic carbocycles. The summed E-state index contributed by atoms with van der Waals surface area (Å²) in [6.45, 7) is 2.05. The molecule has 0 bridgehead atoms. The van der Waals surface area contributed by atoms with Crippen LogP contribution in [0.25, 0.3) is 0 Å². The molecule has 1 rings (SSSR count). The Labute approximate surface area is 40.0 Å². The van der Waals surface area contributed by atoms with E-state index in [-0.39, 0.29) is 7.92 Å². The molecule has 1 aliphatic rings. The van der Waals surface area contributed by atoms with E-state index in [1.165, 1.54) is 5.90 Å². The first-order chi connectivity index (χ1) is 2.80. The fourth-order valence-corrected chi connectivity index (χ4v) is 2.72. The molecule has 34 valence electrons. The first-order valence-electron chi connectivity index (χ1n) is 1.79. The number of carbonyl (C=O) groups is 1. The van der Waals surface area contributed by atoms with Gasteiger partial charge in [-0.25, -0.2) is 0 Å². The molecule has 0 N–H and O–H groups in total. The van der Waals surface area contributed by atoms with Crippen molar-refractivity contribution >= 4 is 21.8 Å². The summed E-state index contributed by atoms with van der Waals surface area (Å²) in [5.74, 6) is 1.22. The van der Waals surface area contributed by atoms with E-state index in [0.29, 0.717) is 13.8 Å². The third-order valence-electron chi connectivity index (χ3n) is 0.814. The van der Waals surface area contributed by atoms with Gasteiger partial charge in [-0.15, -0.1) is 0 Å². The van der Waals surface area contributed by atoms with E-state index in [1.54, 1.807) is 0 Å². The molecule has 2 unspecified atom stereocenters. The zero-order valence-electron chi connectivity index (χ0n) is 3.56. The van der Waals surface area contributed by atoms with Crippen LogP contribution in [0.5, 0.6) is 0 Å². The van der Waals surface area contributed by atoms with E-state index < -0.39 is 0 Å². The maximum atomic E-state index is 10.3. The predicted octanol–water partition coefficient (Wildman–Crippen LogP) is 1.87. The van der Waals surface area contributed by atoms with Crippen molar-refractivity contribution in [1.29, 1.82) is 0 Å². The van der Waals surface area contributed by atoms with E-state index in [2.05, 4.69) is 0 Å². The summed E-state index contributed by atoms with van der Waals surface area (Å²) in [6.07, 6.45) is 0. The normalized spacial score (nSPS) is 36.8. The topological polar surface area (TPSA) is 17.1 Å². The largest absolute Gasteiger partial charge is 0.290 e. The third kappa shape index (κ3) is 0.622. The van der Waals surface area contributed by atoms with Crippen LogP contribution in [-0.2, 0) is 0 Å². The molecular formula is C3H6OP2. The highest BCUT2D eigenvalue weighted by Crippen LogP contribution is 2.56. The highest BCUT2D eigenvalue weighted by Gasteiger charge is 2.21. The van der Waals surface area contributed by atoms with E-state index >= 15 is 0 Å². The number of rotatable bonds is 0. The molecule has 0 aromatic rings. The number of carbonyl (C=O) groups excluding carboxylic acids is 1. The molecule has 0 radical (unpaired) electrons. The van der Waals surface area contributed by atoms with Gasteiger partial charge in [0, 0.05) is 0 Å². The van der Waals surface area contributed by atoms with Gasteiger partial charge in [-0.3, -0.25) is 4.79 Å². The Kier molecular flexibility index (Phi) is 1.22. The zero-order chi connectivity index (χ0) is 4.57. The van der Waals surface area contributed by atoms with Gasteiger partial charge in [0.05, 0.1) is 0 Å². The number of hydrogen-bond acceptors (Lipinski definition) is 1. The van der Waals surface area contributed by atoms with Gasteiger partial charge in [0.1, 0.15) is 0 Å². The predicted molar refractivity (Wildman–Crippen MR) is 31.4 cm³/mol. The van der Waals surface area contributed by atoms with Gasteiger partial charge in [0.15, 0.2) is 5.27 Å². The third-order valence-corrected chi connectivity index (χ3v) is 5.96. The van der Waals surface area contributed by atoms with Crippen molar-refractivity contribution in [3.8, 4) is 0 Å². The standard InChI is InChI=1S/C3H6OP2/c1-6-2-5-3(6)4/h5H,2H2,1H3. The second-order valence-corrected chi connectivity index (χ2v) is 5.63. The molecule has 0 amide bonds. The van der Waals surface area contributed by atoms with Crippen LogP contribution in [0.3, 0.4) is 0 Å². The van der Waals surface area contributed by atoms with Crippen LogP contribution >= 0.6 is 16.5 Å². The van der Waals surface area contributed by atoms with Gasteiger partial charge in [0.2, 0.25) is 0 Å². The number of hydrogen-bond donors (Lipinski definition) is 0. The van der Waals surface area contributed by atoms with Crippen LogP contribution in [-0.4, -0.2) is 17.8 Å². The zero-order valence-corrected chi connectivity index (χ0v) is 5.46. The summed E-state index contributed by atoms with van der Waals surface area (Å²) in [5, 5.41) is 0.532. The molecule has 1 fully saturated rings. The molecule has 0 aliphatic carbocycles. The van der Waals surface area contributed by atoms with Crippen LogP contribution in [0.1, 0.15) is 0 Å². The Morgan fingerprint density at radius 2 is 2.50 bits per heavy atom. The first kappa shape index (κ1) is 4.68. The van der Waals surface area contributed by atoms with Crippen molar-refractivity contribution in [2.45, 2.75) is 0 Å². The van der Waals surface area contributed by atoms with Crippen molar-refractivity contribution in [3.05, 3.63) is 0 Å². The minimum absolute atomic E-state index is 0.105. The molecule has 3 heteroatoms. The van der Waals surface area contributed by atoms with Crippen LogP contribution in [0, 0.1) is 0 Å². The summed E-state index contributed by atoms with van der Waals surface area (Å²) in [6, 6.07) is 0. The fourth-order valence-electron chi connectivity index (χ4n) is 0.302. The second-order valence-electron chi connectivity index (χ2n) is 1.34. The lowest BCUT2D eigenvalue weighted by atomic mass is 11.7. The highest BCUT2D eigenvalue weighted by atomic mass is 31.2. The van der Waals surface area contributed by atoms with Crippen molar-refractivity contribution in [3.63, 3.8) is 0 Å². The quantitative estimate of drug-likeness (QED) is 0.446. The van der Waals surface area contributed by atoms with Crippen LogP contribution in [0.15, 0.2) is 0 Å². The SMILES string of the molecule is CP1CPC1=O. The maximum absolute atomic E-state index is 10.3. The summed E-state index contributed by atoms with van der Waals surface area (Å²) >= 11 is 0. The molecule has 0 aromatic heterocycles. The second kappa shape index (κ2) is 1.56. The van der Waals surface area contributed by atoms with E-state index in [4.69, 9.17) is 0 Å². The van der Waals surface area contributed by atoms with Crippen molar-refractivity contribution in [2.24, 2.45) is 0 Å². The first-order valence-corrected chi connectivity index (χ1v) is 4.98. The average molecular weight is 120 g/mol. The van der Waals surface area contributed by atoms with Gasteiger partial charge in [-0.1, -0.05) is 0 Å². The molecule has 2 atom stereocenters. The van der Waals surface area contributed by atoms with E-state index in [0.717, 1.165) is 0 Å². The van der Waals surface area contributed by atoms with Gasteiger partial charge in [-0.2, -0.15) is 0 Å². The lowest BCUT2D eigenvalue weighted by Gasteiger charge is -2.17. The molecule has 0 spiro atoms. The van der Waals surface area contributed by atoms with Gasteiger partial charge in [0.25, 0.3) is 0 Å². The minimum atomic E-state index is -0.105. The van der Waals surface area contributed by atoms with Gasteiger partial charge >= 0.3 is 0 Å².